The smallest absolute Gasteiger partial charge is 0.381 e. The second-order valence-corrected chi connectivity index (χ2v) is 7.23. The first kappa shape index (κ1) is 21.4. The van der Waals surface area contributed by atoms with Gasteiger partial charge in [-0.25, -0.2) is 0 Å². The molecule has 29 heavy (non-hydrogen) atoms. The molecule has 1 unspecified atom stereocenters. The lowest BCUT2D eigenvalue weighted by Gasteiger charge is -2.15. The van der Waals surface area contributed by atoms with Crippen LogP contribution < -0.4 is 10.6 Å². The van der Waals surface area contributed by atoms with Crippen LogP contribution in [0.5, 0.6) is 0 Å². The van der Waals surface area contributed by atoms with Gasteiger partial charge in [0.05, 0.1) is 40.0 Å². The minimum atomic E-state index is -4.56. The zero-order valence-corrected chi connectivity index (χ0v) is 16.3. The predicted molar refractivity (Wildman–Crippen MR) is 103 cm³/mol. The topological polar surface area (TPSA) is 67.4 Å². The molecule has 5 nitrogen and oxygen atoms in total. The Bertz CT molecular complexity index is 945. The molecule has 3 rings (SSSR count). The molecule has 1 aliphatic heterocycles. The Balaban J connectivity index is 1.82. The molecule has 0 aromatic heterocycles. The highest BCUT2D eigenvalue weighted by Gasteiger charge is 2.31. The number of rotatable bonds is 4. The highest BCUT2D eigenvalue weighted by atomic mass is 35.5. The van der Waals surface area contributed by atoms with E-state index in [1.807, 2.05) is 0 Å². The molecule has 10 heteroatoms. The zero-order chi connectivity index (χ0) is 21.2. The van der Waals surface area contributed by atoms with Crippen LogP contribution in [-0.2, 0) is 15.7 Å². The number of nitrogens with one attached hydrogen (secondary N) is 2. The van der Waals surface area contributed by atoms with E-state index in [0.717, 1.165) is 18.2 Å². The average molecular weight is 447 g/mol. The Morgan fingerprint density at radius 2 is 1.76 bits per heavy atom. The maximum atomic E-state index is 12.8. The zero-order valence-electron chi connectivity index (χ0n) is 14.8. The number of hydrogen-bond donors (Lipinski definition) is 2. The first-order chi connectivity index (χ1) is 13.6. The highest BCUT2D eigenvalue weighted by molar-refractivity contribution is 6.34. The van der Waals surface area contributed by atoms with E-state index in [1.165, 1.54) is 18.2 Å². The Morgan fingerprint density at radius 1 is 1.03 bits per heavy atom. The van der Waals surface area contributed by atoms with Crippen LogP contribution in [0.25, 0.3) is 0 Å². The van der Waals surface area contributed by atoms with Gasteiger partial charge in [-0.15, -0.1) is 0 Å². The average Bonchev–Trinajstić information content (AvgIpc) is 3.18. The van der Waals surface area contributed by atoms with Gasteiger partial charge >= 0.3 is 6.18 Å². The molecule has 0 spiro atoms. The van der Waals surface area contributed by atoms with Crippen molar-refractivity contribution in [1.29, 1.82) is 0 Å². The van der Waals surface area contributed by atoms with Gasteiger partial charge in [0.1, 0.15) is 0 Å². The predicted octanol–water partition coefficient (Wildman–Crippen LogP) is 5.24. The molecule has 0 saturated carbocycles. The number of ether oxygens (including phenoxy) is 1. The number of carbonyl (C=O) groups is 2. The number of benzene rings is 2. The molecular weight excluding hydrogens is 432 g/mol. The largest absolute Gasteiger partial charge is 0.416 e. The fraction of sp³-hybridized carbons (Fsp3) is 0.263. The van der Waals surface area contributed by atoms with Gasteiger partial charge in [-0.2, -0.15) is 13.2 Å². The van der Waals surface area contributed by atoms with Crippen molar-refractivity contribution in [2.75, 3.05) is 23.8 Å². The van der Waals surface area contributed by atoms with Crippen LogP contribution in [0.2, 0.25) is 10.0 Å². The van der Waals surface area contributed by atoms with E-state index in [2.05, 4.69) is 10.6 Å². The van der Waals surface area contributed by atoms with Crippen LogP contribution in [0, 0.1) is 5.92 Å². The second kappa shape index (κ2) is 8.61. The normalized spacial score (nSPS) is 16.5. The van der Waals surface area contributed by atoms with E-state index in [1.54, 1.807) is 0 Å². The van der Waals surface area contributed by atoms with E-state index in [0.29, 0.717) is 19.6 Å². The quantitative estimate of drug-likeness (QED) is 0.674. The summed E-state index contributed by atoms with van der Waals surface area (Å²) >= 11 is 11.9. The molecule has 1 aliphatic rings. The van der Waals surface area contributed by atoms with Gasteiger partial charge in [-0.3, -0.25) is 9.59 Å². The first-order valence-electron chi connectivity index (χ1n) is 8.51. The van der Waals surface area contributed by atoms with Crippen LogP contribution in [-0.4, -0.2) is 25.0 Å². The van der Waals surface area contributed by atoms with Crippen LogP contribution in [0.15, 0.2) is 36.4 Å². The van der Waals surface area contributed by atoms with Crippen molar-refractivity contribution in [2.24, 2.45) is 5.92 Å². The highest BCUT2D eigenvalue weighted by Crippen LogP contribution is 2.34. The monoisotopic (exact) mass is 446 g/mol. The van der Waals surface area contributed by atoms with Gasteiger partial charge in [0, 0.05) is 11.6 Å². The van der Waals surface area contributed by atoms with E-state index in [-0.39, 0.29) is 38.8 Å². The summed E-state index contributed by atoms with van der Waals surface area (Å²) in [5.41, 5.74) is -0.686. The molecular formula is C19H15Cl2F3N2O3. The summed E-state index contributed by atoms with van der Waals surface area (Å²) in [5, 5.41) is 5.08. The Labute approximate surface area is 174 Å². The Morgan fingerprint density at radius 3 is 2.38 bits per heavy atom. The van der Waals surface area contributed by atoms with Gasteiger partial charge in [0.15, 0.2) is 0 Å². The SMILES string of the molecule is O=C(Nc1ccc(C(F)(F)F)cc1Cl)c1cc(Cl)ccc1NC(=O)C1CCOC1. The number of hydrogen-bond acceptors (Lipinski definition) is 3. The van der Waals surface area contributed by atoms with Crippen LogP contribution in [0.3, 0.4) is 0 Å². The molecule has 1 fully saturated rings. The molecule has 2 aromatic carbocycles. The molecule has 154 valence electrons. The molecule has 2 N–H and O–H groups in total. The number of anilines is 2. The van der Waals surface area contributed by atoms with E-state index in [9.17, 15) is 22.8 Å². The third-order valence-corrected chi connectivity index (χ3v) is 4.88. The van der Waals surface area contributed by atoms with Crippen molar-refractivity contribution in [1.82, 2.24) is 0 Å². The van der Waals surface area contributed by atoms with Gasteiger partial charge in [0.2, 0.25) is 5.91 Å². The van der Waals surface area contributed by atoms with Crippen molar-refractivity contribution < 1.29 is 27.5 Å². The van der Waals surface area contributed by atoms with Crippen LogP contribution >= 0.6 is 23.2 Å². The van der Waals surface area contributed by atoms with E-state index >= 15 is 0 Å². The van der Waals surface area contributed by atoms with E-state index < -0.39 is 17.6 Å². The summed E-state index contributed by atoms with van der Waals surface area (Å²) in [6.45, 7) is 0.778. The van der Waals surface area contributed by atoms with Gasteiger partial charge in [0.25, 0.3) is 5.91 Å². The maximum Gasteiger partial charge on any atom is 0.416 e. The lowest BCUT2D eigenvalue weighted by Crippen LogP contribution is -2.25. The summed E-state index contributed by atoms with van der Waals surface area (Å²) in [6.07, 6.45) is -3.98. The Kier molecular flexibility index (Phi) is 6.36. The second-order valence-electron chi connectivity index (χ2n) is 6.39. The van der Waals surface area contributed by atoms with Gasteiger partial charge < -0.3 is 15.4 Å². The van der Waals surface area contributed by atoms with Crippen molar-refractivity contribution in [3.63, 3.8) is 0 Å². The van der Waals surface area contributed by atoms with Crippen molar-refractivity contribution in [3.8, 4) is 0 Å². The summed E-state index contributed by atoms with van der Waals surface area (Å²) in [6, 6.07) is 6.90. The molecule has 1 atom stereocenters. The van der Waals surface area contributed by atoms with Crippen molar-refractivity contribution >= 4 is 46.4 Å². The van der Waals surface area contributed by atoms with E-state index in [4.69, 9.17) is 27.9 Å². The molecule has 0 bridgehead atoms. The standard InChI is InChI=1S/C19H15Cl2F3N2O3/c20-12-2-4-15(25-17(27)10-5-6-29-9-10)13(8-12)18(28)26-16-3-1-11(7-14(16)21)19(22,23)24/h1-4,7-8,10H,5-6,9H2,(H,25,27)(H,26,28). The molecule has 1 saturated heterocycles. The lowest BCUT2D eigenvalue weighted by molar-refractivity contribution is -0.137. The summed E-state index contributed by atoms with van der Waals surface area (Å²) in [5.74, 6) is -1.32. The third kappa shape index (κ3) is 5.20. The molecule has 1 heterocycles. The van der Waals surface area contributed by atoms with Gasteiger partial charge in [-0.1, -0.05) is 23.2 Å². The minimum absolute atomic E-state index is 0.00823. The third-order valence-electron chi connectivity index (χ3n) is 4.33. The fourth-order valence-corrected chi connectivity index (χ4v) is 3.17. The van der Waals surface area contributed by atoms with Crippen LogP contribution in [0.1, 0.15) is 22.3 Å². The minimum Gasteiger partial charge on any atom is -0.381 e. The molecule has 0 radical (unpaired) electrons. The molecule has 0 aliphatic carbocycles. The van der Waals surface area contributed by atoms with Crippen molar-refractivity contribution in [2.45, 2.75) is 12.6 Å². The number of halogens is 5. The maximum absolute atomic E-state index is 12.8. The summed E-state index contributed by atoms with van der Waals surface area (Å²) < 4.78 is 43.5. The number of carbonyl (C=O) groups excluding carboxylic acids is 2. The first-order valence-corrected chi connectivity index (χ1v) is 9.27. The van der Waals surface area contributed by atoms with Gasteiger partial charge in [-0.05, 0) is 42.8 Å². The van der Waals surface area contributed by atoms with Crippen LogP contribution in [0.4, 0.5) is 24.5 Å². The Hall–Kier alpha value is -2.29. The number of amides is 2. The fourth-order valence-electron chi connectivity index (χ4n) is 2.77. The lowest BCUT2D eigenvalue weighted by atomic mass is 10.1. The number of alkyl halides is 3. The van der Waals surface area contributed by atoms with Crippen molar-refractivity contribution in [3.05, 3.63) is 57.6 Å². The molecule has 2 aromatic rings. The molecule has 2 amide bonds. The summed E-state index contributed by atoms with van der Waals surface area (Å²) in [4.78, 5) is 25.0. The summed E-state index contributed by atoms with van der Waals surface area (Å²) in [7, 11) is 0.